The van der Waals surface area contributed by atoms with Crippen molar-refractivity contribution < 1.29 is 38.4 Å². The predicted molar refractivity (Wildman–Crippen MR) is 144 cm³/mol. The molecule has 9 nitrogen and oxygen atoms in total. The molecule has 38 heavy (non-hydrogen) atoms. The van der Waals surface area contributed by atoms with Crippen LogP contribution in [0.15, 0.2) is 72.3 Å². The Morgan fingerprint density at radius 2 is 1.71 bits per heavy atom. The Hall–Kier alpha value is -3.82. The fourth-order valence-corrected chi connectivity index (χ4v) is 3.55. The largest absolute Gasteiger partial charge is 0.497 e. The minimum atomic E-state index is -0.713. The Bertz CT molecular complexity index is 1050. The number of aliphatic hydroxyl groups is 1. The molecular weight excluding hydrogens is 490 g/mol. The van der Waals surface area contributed by atoms with Crippen LogP contribution in [0.4, 0.5) is 10.5 Å². The smallest absolute Gasteiger partial charge is 0.412 e. The molecule has 0 unspecified atom stereocenters. The van der Waals surface area contributed by atoms with E-state index in [1.165, 1.54) is 6.08 Å². The van der Waals surface area contributed by atoms with Crippen molar-refractivity contribution in [1.82, 2.24) is 0 Å². The molecule has 0 aromatic heterocycles. The minimum absolute atomic E-state index is 0.0905. The van der Waals surface area contributed by atoms with Crippen LogP contribution in [-0.4, -0.2) is 57.3 Å². The number of hydrogen-bond donors (Lipinski definition) is 2. The second kappa shape index (κ2) is 16.8. The van der Waals surface area contributed by atoms with E-state index in [1.54, 1.807) is 69.7 Å². The van der Waals surface area contributed by atoms with Gasteiger partial charge < -0.3 is 28.8 Å². The van der Waals surface area contributed by atoms with Gasteiger partial charge in [-0.05, 0) is 74.2 Å². The second-order valence-corrected chi connectivity index (χ2v) is 8.21. The van der Waals surface area contributed by atoms with Gasteiger partial charge in [0.15, 0.2) is 6.10 Å². The molecule has 206 valence electrons. The molecule has 2 atom stereocenters. The Morgan fingerprint density at radius 1 is 1.03 bits per heavy atom. The lowest BCUT2D eigenvalue weighted by Gasteiger charge is -2.26. The third-order valence-electron chi connectivity index (χ3n) is 5.41. The van der Waals surface area contributed by atoms with Crippen molar-refractivity contribution in [2.24, 2.45) is 0 Å². The summed E-state index contributed by atoms with van der Waals surface area (Å²) in [5.41, 5.74) is 2.05. The van der Waals surface area contributed by atoms with Crippen LogP contribution in [0.25, 0.3) is 0 Å². The lowest BCUT2D eigenvalue weighted by atomic mass is 10.00. The van der Waals surface area contributed by atoms with Crippen molar-refractivity contribution in [1.29, 1.82) is 0 Å². The highest BCUT2D eigenvalue weighted by molar-refractivity contribution is 5.85. The number of rotatable bonds is 15. The van der Waals surface area contributed by atoms with Crippen molar-refractivity contribution in [3.8, 4) is 11.5 Å². The van der Waals surface area contributed by atoms with Gasteiger partial charge in [-0.2, -0.15) is 0 Å². The lowest BCUT2D eigenvalue weighted by molar-refractivity contribution is -0.137. The maximum atomic E-state index is 12.8. The SMILES string of the molecule is CCOC(=O)/C=C(C)/C=C/CC[C@@H](OC)[C@H](OC(=O)Nc1ccc(OC)cc1)c1ccc(OCCO)cc1. The van der Waals surface area contributed by atoms with Gasteiger partial charge in [0.1, 0.15) is 18.1 Å². The van der Waals surface area contributed by atoms with Crippen LogP contribution in [0.1, 0.15) is 38.4 Å². The third-order valence-corrected chi connectivity index (χ3v) is 5.41. The summed E-state index contributed by atoms with van der Waals surface area (Å²) in [5, 5.41) is 11.7. The maximum absolute atomic E-state index is 12.8. The topological polar surface area (TPSA) is 113 Å². The van der Waals surface area contributed by atoms with Gasteiger partial charge in [0, 0.05) is 18.9 Å². The minimum Gasteiger partial charge on any atom is -0.497 e. The van der Waals surface area contributed by atoms with Gasteiger partial charge in [0.2, 0.25) is 0 Å². The highest BCUT2D eigenvalue weighted by Gasteiger charge is 2.27. The molecule has 2 N–H and O–H groups in total. The maximum Gasteiger partial charge on any atom is 0.412 e. The van der Waals surface area contributed by atoms with E-state index in [2.05, 4.69) is 5.32 Å². The molecule has 2 aromatic rings. The molecule has 0 bridgehead atoms. The summed E-state index contributed by atoms with van der Waals surface area (Å²) < 4.78 is 27.1. The van der Waals surface area contributed by atoms with E-state index in [0.29, 0.717) is 36.6 Å². The van der Waals surface area contributed by atoms with E-state index in [1.807, 2.05) is 19.1 Å². The molecule has 2 rings (SSSR count). The molecule has 9 heteroatoms. The van der Waals surface area contributed by atoms with E-state index in [4.69, 9.17) is 28.8 Å². The van der Waals surface area contributed by atoms with E-state index < -0.39 is 18.3 Å². The molecule has 0 aliphatic heterocycles. The normalized spacial score (nSPS) is 13.0. The molecule has 0 saturated heterocycles. The zero-order valence-electron chi connectivity index (χ0n) is 22.3. The van der Waals surface area contributed by atoms with Crippen LogP contribution in [0.5, 0.6) is 11.5 Å². The average Bonchev–Trinajstić information content (AvgIpc) is 2.92. The Balaban J connectivity index is 2.14. The van der Waals surface area contributed by atoms with Gasteiger partial charge in [-0.25, -0.2) is 9.59 Å². The first-order chi connectivity index (χ1) is 18.4. The van der Waals surface area contributed by atoms with E-state index >= 15 is 0 Å². The summed E-state index contributed by atoms with van der Waals surface area (Å²) in [6.07, 6.45) is 4.55. The van der Waals surface area contributed by atoms with Gasteiger partial charge in [0.05, 0.1) is 26.4 Å². The summed E-state index contributed by atoms with van der Waals surface area (Å²) >= 11 is 0. The molecule has 0 aliphatic rings. The number of carbonyl (C=O) groups excluding carboxylic acids is 2. The molecular formula is C29H37NO8. The Kier molecular flexibility index (Phi) is 13.5. The van der Waals surface area contributed by atoms with Gasteiger partial charge in [0.25, 0.3) is 0 Å². The van der Waals surface area contributed by atoms with Crippen molar-refractivity contribution in [3.05, 3.63) is 77.9 Å². The number of aliphatic hydroxyl groups excluding tert-OH is 1. The third kappa shape index (κ3) is 10.7. The van der Waals surface area contributed by atoms with Crippen molar-refractivity contribution in [2.45, 2.75) is 38.9 Å². The summed E-state index contributed by atoms with van der Waals surface area (Å²) in [7, 11) is 3.14. The number of carbonyl (C=O) groups is 2. The second-order valence-electron chi connectivity index (χ2n) is 8.21. The van der Waals surface area contributed by atoms with Gasteiger partial charge in [-0.3, -0.25) is 5.32 Å². The number of allylic oxidation sites excluding steroid dienone is 3. The molecule has 0 fully saturated rings. The van der Waals surface area contributed by atoms with Gasteiger partial charge in [-0.1, -0.05) is 24.3 Å². The van der Waals surface area contributed by atoms with Crippen LogP contribution in [-0.2, 0) is 19.0 Å². The molecule has 0 radical (unpaired) electrons. The fraction of sp³-hybridized carbons (Fsp3) is 0.379. The average molecular weight is 528 g/mol. The summed E-state index contributed by atoms with van der Waals surface area (Å²) in [4.78, 5) is 24.4. The monoisotopic (exact) mass is 527 g/mol. The number of hydrogen-bond acceptors (Lipinski definition) is 8. The molecule has 1 amide bonds. The molecule has 0 heterocycles. The van der Waals surface area contributed by atoms with Crippen LogP contribution in [0, 0.1) is 0 Å². The van der Waals surface area contributed by atoms with Gasteiger partial charge in [-0.15, -0.1) is 0 Å². The molecule has 2 aromatic carbocycles. The highest BCUT2D eigenvalue weighted by Crippen LogP contribution is 2.29. The number of esters is 1. The number of nitrogens with one attached hydrogen (secondary N) is 1. The first-order valence-electron chi connectivity index (χ1n) is 12.4. The van der Waals surface area contributed by atoms with Crippen LogP contribution in [0.3, 0.4) is 0 Å². The van der Waals surface area contributed by atoms with Crippen LogP contribution in [0.2, 0.25) is 0 Å². The standard InChI is InChI=1S/C29H37NO8/c1-5-36-27(32)20-21(2)8-6-7-9-26(35-4)28(22-10-14-25(15-11-22)37-19-18-31)38-29(33)30-23-12-16-24(34-3)17-13-23/h6,8,10-17,20,26,28,31H,5,7,9,18-19H2,1-4H3,(H,30,33)/b8-6+,21-20+/t26-,28-/m1/s1. The number of anilines is 1. The summed E-state index contributed by atoms with van der Waals surface area (Å²) in [6.45, 7) is 3.99. The van der Waals surface area contributed by atoms with E-state index in [-0.39, 0.29) is 19.2 Å². The summed E-state index contributed by atoms with van der Waals surface area (Å²) in [5.74, 6) is 0.877. The molecule has 0 aliphatic carbocycles. The van der Waals surface area contributed by atoms with Crippen LogP contribution < -0.4 is 14.8 Å². The van der Waals surface area contributed by atoms with E-state index in [0.717, 1.165) is 11.1 Å². The number of methoxy groups -OCH3 is 2. The number of amides is 1. The quantitative estimate of drug-likeness (QED) is 0.184. The van der Waals surface area contributed by atoms with Crippen molar-refractivity contribution in [2.75, 3.05) is 39.4 Å². The Labute approximate surface area is 224 Å². The fourth-order valence-electron chi connectivity index (χ4n) is 3.55. The highest BCUT2D eigenvalue weighted by atomic mass is 16.6. The zero-order chi connectivity index (χ0) is 27.8. The van der Waals surface area contributed by atoms with Crippen molar-refractivity contribution >= 4 is 17.7 Å². The first kappa shape index (κ1) is 30.4. The van der Waals surface area contributed by atoms with Gasteiger partial charge >= 0.3 is 12.1 Å². The first-order valence-corrected chi connectivity index (χ1v) is 12.4. The number of ether oxygens (including phenoxy) is 5. The van der Waals surface area contributed by atoms with Crippen LogP contribution >= 0.6 is 0 Å². The Morgan fingerprint density at radius 3 is 2.32 bits per heavy atom. The van der Waals surface area contributed by atoms with E-state index in [9.17, 15) is 9.59 Å². The lowest BCUT2D eigenvalue weighted by Crippen LogP contribution is -2.28. The number of benzene rings is 2. The molecule has 0 spiro atoms. The summed E-state index contributed by atoms with van der Waals surface area (Å²) in [6, 6.07) is 14.0. The molecule has 0 saturated carbocycles. The predicted octanol–water partition coefficient (Wildman–Crippen LogP) is 5.22. The van der Waals surface area contributed by atoms with Crippen molar-refractivity contribution in [3.63, 3.8) is 0 Å². The zero-order valence-corrected chi connectivity index (χ0v) is 22.3.